The molecule has 0 bridgehead atoms. The number of carbonyl (C=O) groups is 2. The van der Waals surface area contributed by atoms with E-state index in [1.807, 2.05) is 0 Å². The van der Waals surface area contributed by atoms with Gasteiger partial charge in [-0.3, -0.25) is 9.59 Å². The highest BCUT2D eigenvalue weighted by molar-refractivity contribution is 5.69. The Bertz CT molecular complexity index is 729. The smallest absolute Gasteiger partial charge is 0.305 e. The van der Waals surface area contributed by atoms with Crippen molar-refractivity contribution < 1.29 is 19.1 Å². The summed E-state index contributed by atoms with van der Waals surface area (Å²) >= 11 is 0. The van der Waals surface area contributed by atoms with Gasteiger partial charge in [-0.15, -0.1) is 0 Å². The molecule has 0 atom stereocenters. The third-order valence-corrected chi connectivity index (χ3v) is 9.00. The molecule has 0 fully saturated rings. The van der Waals surface area contributed by atoms with Gasteiger partial charge >= 0.3 is 11.9 Å². The molecule has 0 spiro atoms. The summed E-state index contributed by atoms with van der Waals surface area (Å²) in [6.45, 7) is 4.86. The van der Waals surface area contributed by atoms with Crippen molar-refractivity contribution >= 4 is 11.9 Å². The monoisotopic (exact) mass is 643 g/mol. The number of allylic oxidation sites excluding steroid dienone is 8. The largest absolute Gasteiger partial charge is 0.469 e. The second-order valence-electron chi connectivity index (χ2n) is 13.4. The Hall–Kier alpha value is -2.10. The Morgan fingerprint density at radius 3 is 1.07 bits per heavy atom. The predicted octanol–water partition coefficient (Wildman–Crippen LogP) is 13.0. The molecule has 0 saturated heterocycles. The lowest BCUT2D eigenvalue weighted by Crippen LogP contribution is -2.08. The lowest BCUT2D eigenvalue weighted by Gasteiger charge is -2.20. The van der Waals surface area contributed by atoms with Crippen LogP contribution < -0.4 is 0 Å². The van der Waals surface area contributed by atoms with Gasteiger partial charge in [-0.05, 0) is 88.9 Å². The van der Waals surface area contributed by atoms with Gasteiger partial charge in [0.15, 0.2) is 0 Å². The molecular formula is C42H74O4. The standard InChI is InChI=1S/C42H74O4/c1-39(2)40(35-31-27-23-19-15-11-7-5-9-13-17-21-25-29-33-37-41(43)45-3)36-32-28-24-20-16-12-8-6-10-14-18-22-26-30-34-38-42(44)46-4/h5-6,9-10,17-18,21-22,39-40H,7-8,11-16,19-20,23-38H2,1-4H3/b9-5-,10-6-,21-17-,22-18-. The first kappa shape index (κ1) is 43.9. The SMILES string of the molecule is COC(=O)CCCC/C=C\C/C=C\CCCCCCCCC(CCCCCCCC/C=C\C/C=C\CCCCC(=O)OC)C(C)C. The van der Waals surface area contributed by atoms with Crippen LogP contribution in [0, 0.1) is 11.8 Å². The van der Waals surface area contributed by atoms with Gasteiger partial charge in [-0.1, -0.05) is 140 Å². The van der Waals surface area contributed by atoms with Crippen molar-refractivity contribution in [2.75, 3.05) is 14.2 Å². The van der Waals surface area contributed by atoms with Crippen LogP contribution in [0.4, 0.5) is 0 Å². The van der Waals surface area contributed by atoms with Crippen molar-refractivity contribution in [3.63, 3.8) is 0 Å². The minimum Gasteiger partial charge on any atom is -0.469 e. The molecule has 0 heterocycles. The van der Waals surface area contributed by atoms with Crippen LogP contribution in [0.3, 0.4) is 0 Å². The average Bonchev–Trinajstić information content (AvgIpc) is 3.05. The Kier molecular flexibility index (Phi) is 34.1. The van der Waals surface area contributed by atoms with Gasteiger partial charge in [0.05, 0.1) is 14.2 Å². The molecule has 4 nitrogen and oxygen atoms in total. The fraction of sp³-hybridized carbons (Fsp3) is 0.762. The molecule has 4 heteroatoms. The highest BCUT2D eigenvalue weighted by atomic mass is 16.5. The van der Waals surface area contributed by atoms with Crippen LogP contribution in [0.2, 0.25) is 0 Å². The number of rotatable bonds is 33. The average molecular weight is 643 g/mol. The lowest BCUT2D eigenvalue weighted by atomic mass is 9.85. The number of esters is 2. The molecule has 0 aliphatic rings. The highest BCUT2D eigenvalue weighted by Crippen LogP contribution is 2.25. The van der Waals surface area contributed by atoms with Gasteiger partial charge in [0.25, 0.3) is 0 Å². The first-order valence-corrected chi connectivity index (χ1v) is 19.2. The summed E-state index contributed by atoms with van der Waals surface area (Å²) in [4.78, 5) is 22.1. The molecule has 0 rings (SSSR count). The van der Waals surface area contributed by atoms with E-state index in [0.717, 1.165) is 63.2 Å². The summed E-state index contributed by atoms with van der Waals surface area (Å²) in [6.07, 6.45) is 49.2. The molecule has 0 amide bonds. The minimum atomic E-state index is -0.102. The fourth-order valence-corrected chi connectivity index (χ4v) is 5.84. The van der Waals surface area contributed by atoms with E-state index in [1.165, 1.54) is 117 Å². The maximum atomic E-state index is 11.1. The number of ether oxygens (including phenoxy) is 2. The quantitative estimate of drug-likeness (QED) is 0.0406. The fourth-order valence-electron chi connectivity index (χ4n) is 5.84. The summed E-state index contributed by atoms with van der Waals surface area (Å²) < 4.78 is 9.33. The number of unbranched alkanes of at least 4 members (excludes halogenated alkanes) is 16. The Balaban J connectivity index is 3.55. The van der Waals surface area contributed by atoms with E-state index in [4.69, 9.17) is 0 Å². The molecule has 266 valence electrons. The van der Waals surface area contributed by atoms with Crippen LogP contribution in [-0.2, 0) is 19.1 Å². The van der Waals surface area contributed by atoms with E-state index < -0.39 is 0 Å². The third kappa shape index (κ3) is 33.3. The molecule has 0 aromatic rings. The second kappa shape index (κ2) is 35.7. The van der Waals surface area contributed by atoms with Crippen molar-refractivity contribution in [2.45, 2.75) is 181 Å². The van der Waals surface area contributed by atoms with E-state index in [9.17, 15) is 9.59 Å². The van der Waals surface area contributed by atoms with Crippen molar-refractivity contribution in [1.82, 2.24) is 0 Å². The zero-order chi connectivity index (χ0) is 33.8. The topological polar surface area (TPSA) is 52.6 Å². The van der Waals surface area contributed by atoms with E-state index in [0.29, 0.717) is 12.8 Å². The number of hydrogen-bond donors (Lipinski definition) is 0. The van der Waals surface area contributed by atoms with Crippen LogP contribution in [0.1, 0.15) is 181 Å². The van der Waals surface area contributed by atoms with E-state index >= 15 is 0 Å². The first-order valence-electron chi connectivity index (χ1n) is 19.2. The van der Waals surface area contributed by atoms with Crippen molar-refractivity contribution in [1.29, 1.82) is 0 Å². The van der Waals surface area contributed by atoms with Crippen LogP contribution in [0.5, 0.6) is 0 Å². The van der Waals surface area contributed by atoms with Gasteiger partial charge in [-0.2, -0.15) is 0 Å². The maximum Gasteiger partial charge on any atom is 0.305 e. The molecule has 0 saturated carbocycles. The molecule has 0 aromatic heterocycles. The van der Waals surface area contributed by atoms with E-state index in [-0.39, 0.29) is 11.9 Å². The molecule has 0 aromatic carbocycles. The highest BCUT2D eigenvalue weighted by Gasteiger charge is 2.12. The van der Waals surface area contributed by atoms with Crippen molar-refractivity contribution in [2.24, 2.45) is 11.8 Å². The van der Waals surface area contributed by atoms with Crippen LogP contribution >= 0.6 is 0 Å². The molecular weight excluding hydrogens is 568 g/mol. The number of carbonyl (C=O) groups excluding carboxylic acids is 2. The molecule has 0 N–H and O–H groups in total. The summed E-state index contributed by atoms with van der Waals surface area (Å²) in [5, 5.41) is 0. The summed E-state index contributed by atoms with van der Waals surface area (Å²) in [6, 6.07) is 0. The van der Waals surface area contributed by atoms with E-state index in [1.54, 1.807) is 0 Å². The van der Waals surface area contributed by atoms with Crippen LogP contribution in [0.25, 0.3) is 0 Å². The summed E-state index contributed by atoms with van der Waals surface area (Å²) in [7, 11) is 2.91. The Labute approximate surface area is 285 Å². The Morgan fingerprint density at radius 1 is 0.435 bits per heavy atom. The van der Waals surface area contributed by atoms with Gasteiger partial charge in [0.2, 0.25) is 0 Å². The number of hydrogen-bond acceptors (Lipinski definition) is 4. The zero-order valence-corrected chi connectivity index (χ0v) is 30.8. The molecule has 0 aliphatic heterocycles. The summed E-state index contributed by atoms with van der Waals surface area (Å²) in [5.74, 6) is 1.53. The third-order valence-electron chi connectivity index (χ3n) is 9.00. The van der Waals surface area contributed by atoms with Gasteiger partial charge in [0.1, 0.15) is 0 Å². The summed E-state index contributed by atoms with van der Waals surface area (Å²) in [5.41, 5.74) is 0. The molecule has 0 radical (unpaired) electrons. The first-order chi connectivity index (χ1) is 22.5. The van der Waals surface area contributed by atoms with Crippen molar-refractivity contribution in [3.8, 4) is 0 Å². The predicted molar refractivity (Wildman–Crippen MR) is 199 cm³/mol. The number of methoxy groups -OCH3 is 2. The van der Waals surface area contributed by atoms with Crippen LogP contribution in [0.15, 0.2) is 48.6 Å². The van der Waals surface area contributed by atoms with Crippen LogP contribution in [-0.4, -0.2) is 26.2 Å². The second-order valence-corrected chi connectivity index (χ2v) is 13.4. The zero-order valence-electron chi connectivity index (χ0n) is 30.8. The minimum absolute atomic E-state index is 0.102. The lowest BCUT2D eigenvalue weighted by molar-refractivity contribution is -0.141. The molecule has 0 unspecified atom stereocenters. The van der Waals surface area contributed by atoms with Gasteiger partial charge in [-0.25, -0.2) is 0 Å². The molecule has 46 heavy (non-hydrogen) atoms. The van der Waals surface area contributed by atoms with Gasteiger partial charge < -0.3 is 9.47 Å². The molecule has 0 aliphatic carbocycles. The maximum absolute atomic E-state index is 11.1. The normalized spacial score (nSPS) is 12.2. The van der Waals surface area contributed by atoms with Gasteiger partial charge in [0, 0.05) is 12.8 Å². The Morgan fingerprint density at radius 2 is 0.739 bits per heavy atom. The van der Waals surface area contributed by atoms with E-state index in [2.05, 4.69) is 71.9 Å². The van der Waals surface area contributed by atoms with Crippen molar-refractivity contribution in [3.05, 3.63) is 48.6 Å².